The average molecular weight is 420 g/mol. The highest BCUT2D eigenvalue weighted by Gasteiger charge is 2.18. The molecule has 1 amide bonds. The molecule has 4 rings (SSSR count). The maximum absolute atomic E-state index is 14.4. The fraction of sp³-hybridized carbons (Fsp3) is 0.0455. The third-order valence-corrected chi connectivity index (χ3v) is 4.89. The van der Waals surface area contributed by atoms with Gasteiger partial charge in [0.1, 0.15) is 5.52 Å². The smallest absolute Gasteiger partial charge is 0.247 e. The van der Waals surface area contributed by atoms with Crippen molar-refractivity contribution in [3.63, 3.8) is 0 Å². The summed E-state index contributed by atoms with van der Waals surface area (Å²) in [5.74, 6) is -0.611. The van der Waals surface area contributed by atoms with Gasteiger partial charge in [-0.2, -0.15) is 0 Å². The van der Waals surface area contributed by atoms with Gasteiger partial charge in [0, 0.05) is 28.6 Å². The second-order valence-electron chi connectivity index (χ2n) is 6.51. The fourth-order valence-corrected chi connectivity index (χ4v) is 3.52. The molecular formula is C22H18FN4O2P. The van der Waals surface area contributed by atoms with E-state index in [4.69, 9.17) is 9.72 Å². The van der Waals surface area contributed by atoms with Crippen molar-refractivity contribution in [3.8, 4) is 28.1 Å². The van der Waals surface area contributed by atoms with E-state index in [0.29, 0.717) is 39.0 Å². The van der Waals surface area contributed by atoms with Gasteiger partial charge >= 0.3 is 0 Å². The Kier molecular flexibility index (Phi) is 5.29. The summed E-state index contributed by atoms with van der Waals surface area (Å²) in [4.78, 5) is 23.8. The van der Waals surface area contributed by atoms with Gasteiger partial charge in [0.2, 0.25) is 5.91 Å². The number of carbonyl (C=O) groups excluding carboxylic acids is 1. The summed E-state index contributed by atoms with van der Waals surface area (Å²) < 4.78 is 19.7. The molecule has 8 heteroatoms. The molecule has 6 nitrogen and oxygen atoms in total. The number of aromatic amines is 1. The lowest BCUT2D eigenvalue weighted by molar-refractivity contribution is -0.111. The molecule has 0 aliphatic heterocycles. The number of nitrogens with zero attached hydrogens (tertiary/aromatic N) is 2. The van der Waals surface area contributed by atoms with Crippen molar-refractivity contribution in [3.05, 3.63) is 67.3 Å². The van der Waals surface area contributed by atoms with Crippen LogP contribution in [0, 0.1) is 5.82 Å². The van der Waals surface area contributed by atoms with E-state index in [2.05, 4.69) is 31.1 Å². The minimum atomic E-state index is -0.455. The number of halogens is 1. The summed E-state index contributed by atoms with van der Waals surface area (Å²) in [6.07, 6.45) is 4.58. The third kappa shape index (κ3) is 3.67. The standard InChI is InChI=1S/C22H18FN4O2P/c1-3-19(28)26-13-6-4-5-12(7-13)18-11-25-22-20(27-18)16(10-24-22)15-8-14(30)9-17(23)21(15)29-2/h3-11H,1,30H2,2H3,(H,24,25)(H,26,28). The van der Waals surface area contributed by atoms with Crippen LogP contribution in [0.15, 0.2) is 61.4 Å². The van der Waals surface area contributed by atoms with Crippen molar-refractivity contribution in [2.45, 2.75) is 0 Å². The quantitative estimate of drug-likeness (QED) is 0.377. The number of aromatic nitrogens is 3. The molecule has 0 radical (unpaired) electrons. The fourth-order valence-electron chi connectivity index (χ4n) is 3.21. The summed E-state index contributed by atoms with van der Waals surface area (Å²) >= 11 is 0. The number of nitrogens with one attached hydrogen (secondary N) is 2. The molecule has 0 fully saturated rings. The molecule has 0 spiro atoms. The maximum atomic E-state index is 14.4. The first-order valence-corrected chi connectivity index (χ1v) is 9.59. The Bertz CT molecular complexity index is 1290. The largest absolute Gasteiger partial charge is 0.493 e. The van der Waals surface area contributed by atoms with E-state index in [1.54, 1.807) is 24.5 Å². The van der Waals surface area contributed by atoms with Crippen LogP contribution >= 0.6 is 9.24 Å². The molecule has 0 saturated heterocycles. The first kappa shape index (κ1) is 19.7. The first-order valence-electron chi connectivity index (χ1n) is 9.01. The van der Waals surface area contributed by atoms with E-state index in [1.165, 1.54) is 19.3 Å². The predicted molar refractivity (Wildman–Crippen MR) is 119 cm³/mol. The molecule has 2 N–H and O–H groups in total. The number of fused-ring (bicyclic) bond motifs is 1. The summed E-state index contributed by atoms with van der Waals surface area (Å²) in [6.45, 7) is 3.45. The molecule has 0 aliphatic rings. The molecule has 2 heterocycles. The summed E-state index contributed by atoms with van der Waals surface area (Å²) in [7, 11) is 3.92. The topological polar surface area (TPSA) is 79.9 Å². The zero-order valence-electron chi connectivity index (χ0n) is 16.1. The minimum Gasteiger partial charge on any atom is -0.493 e. The molecule has 2 aromatic carbocycles. The monoisotopic (exact) mass is 420 g/mol. The molecule has 1 atom stereocenters. The molecule has 1 unspecified atom stereocenters. The summed E-state index contributed by atoms with van der Waals surface area (Å²) in [5.41, 5.74) is 4.41. The van der Waals surface area contributed by atoms with Crippen molar-refractivity contribution < 1.29 is 13.9 Å². The Morgan fingerprint density at radius 3 is 2.90 bits per heavy atom. The summed E-state index contributed by atoms with van der Waals surface area (Å²) in [6, 6.07) is 10.5. The highest BCUT2D eigenvalue weighted by Crippen LogP contribution is 2.36. The van der Waals surface area contributed by atoms with Crippen LogP contribution in [0.2, 0.25) is 0 Å². The Morgan fingerprint density at radius 2 is 2.13 bits per heavy atom. The molecule has 2 aromatic heterocycles. The van der Waals surface area contributed by atoms with Crippen molar-refractivity contribution >= 4 is 37.3 Å². The number of anilines is 1. The Hall–Kier alpha value is -3.57. The van der Waals surface area contributed by atoms with Crippen LogP contribution < -0.4 is 15.4 Å². The van der Waals surface area contributed by atoms with Crippen LogP contribution in [-0.4, -0.2) is 28.0 Å². The molecule has 0 saturated carbocycles. The van der Waals surface area contributed by atoms with Gasteiger partial charge in [0.15, 0.2) is 17.2 Å². The van der Waals surface area contributed by atoms with E-state index >= 15 is 0 Å². The number of hydrogen-bond donors (Lipinski definition) is 2. The van der Waals surface area contributed by atoms with Crippen LogP contribution in [0.4, 0.5) is 10.1 Å². The molecular weight excluding hydrogens is 402 g/mol. The van der Waals surface area contributed by atoms with Crippen LogP contribution in [-0.2, 0) is 4.79 Å². The number of hydrogen-bond acceptors (Lipinski definition) is 4. The van der Waals surface area contributed by atoms with Gasteiger partial charge < -0.3 is 15.0 Å². The van der Waals surface area contributed by atoms with Gasteiger partial charge in [-0.3, -0.25) is 4.79 Å². The normalized spacial score (nSPS) is 10.8. The molecule has 0 bridgehead atoms. The number of rotatable bonds is 5. The van der Waals surface area contributed by atoms with Crippen molar-refractivity contribution in [2.75, 3.05) is 12.4 Å². The second kappa shape index (κ2) is 8.05. The van der Waals surface area contributed by atoms with Gasteiger partial charge in [-0.05, 0) is 35.6 Å². The van der Waals surface area contributed by atoms with Crippen LogP contribution in [0.3, 0.4) is 0 Å². The van der Waals surface area contributed by atoms with Gasteiger partial charge in [0.25, 0.3) is 0 Å². The SMILES string of the molecule is C=CC(=O)Nc1cccc(-c2cnc3[nH]cc(-c4cc(P)cc(F)c4OC)c3n2)c1. The number of benzene rings is 2. The van der Waals surface area contributed by atoms with Gasteiger partial charge in [-0.1, -0.05) is 18.7 Å². The molecule has 4 aromatic rings. The maximum Gasteiger partial charge on any atom is 0.247 e. The van der Waals surface area contributed by atoms with Crippen LogP contribution in [0.1, 0.15) is 0 Å². The van der Waals surface area contributed by atoms with Gasteiger partial charge in [-0.15, -0.1) is 9.24 Å². The van der Waals surface area contributed by atoms with E-state index in [9.17, 15) is 9.18 Å². The van der Waals surface area contributed by atoms with Crippen molar-refractivity contribution in [1.29, 1.82) is 0 Å². The Morgan fingerprint density at radius 1 is 1.30 bits per heavy atom. The molecule has 30 heavy (non-hydrogen) atoms. The highest BCUT2D eigenvalue weighted by atomic mass is 31.0. The molecule has 0 aliphatic carbocycles. The van der Waals surface area contributed by atoms with Crippen LogP contribution in [0.25, 0.3) is 33.5 Å². The number of carbonyl (C=O) groups is 1. The highest BCUT2D eigenvalue weighted by molar-refractivity contribution is 7.27. The first-order chi connectivity index (χ1) is 14.5. The number of amides is 1. The van der Waals surface area contributed by atoms with Crippen molar-refractivity contribution in [2.24, 2.45) is 0 Å². The van der Waals surface area contributed by atoms with Crippen LogP contribution in [0.5, 0.6) is 5.75 Å². The predicted octanol–water partition coefficient (Wildman–Crippen LogP) is 4.06. The summed E-state index contributed by atoms with van der Waals surface area (Å²) in [5, 5.41) is 3.41. The van der Waals surface area contributed by atoms with E-state index in [1.807, 2.05) is 18.2 Å². The lowest BCUT2D eigenvalue weighted by Gasteiger charge is -2.10. The number of methoxy groups -OCH3 is 1. The number of H-pyrrole nitrogens is 1. The third-order valence-electron chi connectivity index (χ3n) is 4.55. The Balaban J connectivity index is 1.83. The zero-order chi connectivity index (χ0) is 21.3. The van der Waals surface area contributed by atoms with E-state index in [0.717, 1.165) is 5.56 Å². The van der Waals surface area contributed by atoms with E-state index in [-0.39, 0.29) is 11.7 Å². The average Bonchev–Trinajstić information content (AvgIpc) is 3.16. The van der Waals surface area contributed by atoms with E-state index < -0.39 is 5.82 Å². The minimum absolute atomic E-state index is 0.142. The number of ether oxygens (including phenoxy) is 1. The van der Waals surface area contributed by atoms with Crippen molar-refractivity contribution in [1.82, 2.24) is 15.0 Å². The Labute approximate surface area is 174 Å². The van der Waals surface area contributed by atoms with Gasteiger partial charge in [-0.25, -0.2) is 14.4 Å². The lowest BCUT2D eigenvalue weighted by atomic mass is 10.1. The van der Waals surface area contributed by atoms with Gasteiger partial charge in [0.05, 0.1) is 19.0 Å². The molecule has 150 valence electrons. The second-order valence-corrected chi connectivity index (χ2v) is 7.18. The lowest BCUT2D eigenvalue weighted by Crippen LogP contribution is -2.07. The zero-order valence-corrected chi connectivity index (χ0v) is 17.2.